The number of likely N-dealkylation sites (tertiary alicyclic amines) is 1. The van der Waals surface area contributed by atoms with Crippen LogP contribution in [0.5, 0.6) is 0 Å². The largest absolute Gasteiger partial charge is 0.446 e. The standard InChI is InChI=1S/C22H22N4O4S/c23-11-18-17-5-4-16(30-22(29)26-9-7-15(27)13-26)10-19(17)31-21(18)25-20(28)6-3-14-2-1-8-24-12-14/h1-3,6,8,12,15-16,27H,4-5,7,9-10,13H2,(H,25,28). The number of nitriles is 1. The van der Waals surface area contributed by atoms with Crippen LogP contribution in [0.2, 0.25) is 0 Å². The number of nitrogens with zero attached hydrogens (tertiary/aromatic N) is 3. The van der Waals surface area contributed by atoms with Gasteiger partial charge in [-0.3, -0.25) is 9.78 Å². The summed E-state index contributed by atoms with van der Waals surface area (Å²) in [5.41, 5.74) is 2.21. The number of aromatic nitrogens is 1. The second-order valence-electron chi connectivity index (χ2n) is 7.57. The molecular weight excluding hydrogens is 416 g/mol. The number of fused-ring (bicyclic) bond motifs is 1. The second-order valence-corrected chi connectivity index (χ2v) is 8.67. The zero-order chi connectivity index (χ0) is 21.8. The number of aliphatic hydroxyl groups is 1. The maximum Gasteiger partial charge on any atom is 0.410 e. The molecule has 0 bridgehead atoms. The zero-order valence-corrected chi connectivity index (χ0v) is 17.6. The van der Waals surface area contributed by atoms with Crippen LogP contribution in [0.1, 0.15) is 34.4 Å². The lowest BCUT2D eigenvalue weighted by Gasteiger charge is -2.25. The molecule has 0 radical (unpaired) electrons. The molecule has 2 N–H and O–H groups in total. The van der Waals surface area contributed by atoms with Crippen molar-refractivity contribution in [3.63, 3.8) is 0 Å². The lowest BCUT2D eigenvalue weighted by atomic mass is 9.94. The SMILES string of the molecule is N#Cc1c(NC(=O)C=Cc2cccnc2)sc2c1CCC(OC(=O)N1CCC(O)C1)C2. The Morgan fingerprint density at radius 2 is 2.29 bits per heavy atom. The zero-order valence-electron chi connectivity index (χ0n) is 16.8. The van der Waals surface area contributed by atoms with Gasteiger partial charge in [0, 0.05) is 42.9 Å². The number of thiophene rings is 1. The molecule has 3 heterocycles. The van der Waals surface area contributed by atoms with Crippen molar-refractivity contribution in [2.45, 2.75) is 37.9 Å². The van der Waals surface area contributed by atoms with Gasteiger partial charge in [-0.25, -0.2) is 4.79 Å². The van der Waals surface area contributed by atoms with Crippen molar-refractivity contribution < 1.29 is 19.4 Å². The number of aliphatic hydroxyl groups excluding tert-OH is 1. The molecule has 1 fully saturated rings. The third kappa shape index (κ3) is 4.93. The van der Waals surface area contributed by atoms with Gasteiger partial charge in [0.25, 0.3) is 0 Å². The fraction of sp³-hybridized carbons (Fsp3) is 0.364. The Kier molecular flexibility index (Phi) is 6.30. The number of hydrogen-bond acceptors (Lipinski definition) is 7. The molecule has 1 aliphatic carbocycles. The highest BCUT2D eigenvalue weighted by Crippen LogP contribution is 2.38. The number of anilines is 1. The third-order valence-corrected chi connectivity index (χ3v) is 6.54. The smallest absolute Gasteiger partial charge is 0.410 e. The Balaban J connectivity index is 1.41. The van der Waals surface area contributed by atoms with E-state index >= 15 is 0 Å². The molecule has 31 heavy (non-hydrogen) atoms. The third-order valence-electron chi connectivity index (χ3n) is 5.37. The molecule has 0 saturated carbocycles. The Hall–Kier alpha value is -3.22. The van der Waals surface area contributed by atoms with E-state index in [1.807, 2.05) is 6.07 Å². The Morgan fingerprint density at radius 3 is 3.00 bits per heavy atom. The van der Waals surface area contributed by atoms with Gasteiger partial charge in [0.1, 0.15) is 17.2 Å². The number of carbonyl (C=O) groups is 2. The van der Waals surface area contributed by atoms with Crippen molar-refractivity contribution in [1.29, 1.82) is 5.26 Å². The van der Waals surface area contributed by atoms with Crippen LogP contribution >= 0.6 is 11.3 Å². The first-order chi connectivity index (χ1) is 15.0. The van der Waals surface area contributed by atoms with Crippen molar-refractivity contribution in [1.82, 2.24) is 9.88 Å². The number of rotatable bonds is 4. The molecule has 2 unspecified atom stereocenters. The molecule has 1 saturated heterocycles. The minimum Gasteiger partial charge on any atom is -0.446 e. The lowest BCUT2D eigenvalue weighted by molar-refractivity contribution is -0.111. The first-order valence-corrected chi connectivity index (χ1v) is 10.9. The molecule has 4 rings (SSSR count). The quantitative estimate of drug-likeness (QED) is 0.709. The van der Waals surface area contributed by atoms with E-state index in [0.29, 0.717) is 49.3 Å². The molecule has 160 valence electrons. The van der Waals surface area contributed by atoms with Crippen LogP contribution in [0.25, 0.3) is 6.08 Å². The van der Waals surface area contributed by atoms with E-state index < -0.39 is 12.2 Å². The van der Waals surface area contributed by atoms with E-state index in [0.717, 1.165) is 16.0 Å². The summed E-state index contributed by atoms with van der Waals surface area (Å²) in [5, 5.41) is 22.5. The normalized spacial score (nSPS) is 20.3. The van der Waals surface area contributed by atoms with Crippen LogP contribution in [-0.2, 0) is 22.4 Å². The van der Waals surface area contributed by atoms with E-state index in [2.05, 4.69) is 16.4 Å². The first-order valence-electron chi connectivity index (χ1n) is 10.1. The number of pyridine rings is 1. The van der Waals surface area contributed by atoms with Crippen LogP contribution in [0.4, 0.5) is 9.80 Å². The van der Waals surface area contributed by atoms with Gasteiger partial charge in [0.15, 0.2) is 0 Å². The van der Waals surface area contributed by atoms with Crippen LogP contribution < -0.4 is 5.32 Å². The number of carbonyl (C=O) groups excluding carboxylic acids is 2. The van der Waals surface area contributed by atoms with E-state index in [9.17, 15) is 20.0 Å². The molecule has 9 heteroatoms. The summed E-state index contributed by atoms with van der Waals surface area (Å²) >= 11 is 1.35. The highest BCUT2D eigenvalue weighted by atomic mass is 32.1. The average molecular weight is 439 g/mol. The minimum absolute atomic E-state index is 0.281. The second kappa shape index (κ2) is 9.29. The number of β-amino-alcohol motifs (C(OH)–C–C–N with tert-alkyl or cyclic N) is 1. The van der Waals surface area contributed by atoms with E-state index in [4.69, 9.17) is 4.74 Å². The average Bonchev–Trinajstić information content (AvgIpc) is 3.35. The summed E-state index contributed by atoms with van der Waals surface area (Å²) in [6.07, 6.45) is 7.51. The maximum atomic E-state index is 12.3. The fourth-order valence-corrected chi connectivity index (χ4v) is 5.05. The van der Waals surface area contributed by atoms with Gasteiger partial charge >= 0.3 is 6.09 Å². The molecular formula is C22H22N4O4S. The number of nitrogens with one attached hydrogen (secondary N) is 1. The van der Waals surface area contributed by atoms with Crippen LogP contribution in [-0.4, -0.2) is 52.3 Å². The van der Waals surface area contributed by atoms with Crippen molar-refractivity contribution in [3.05, 3.63) is 52.2 Å². The van der Waals surface area contributed by atoms with Crippen molar-refractivity contribution in [2.75, 3.05) is 18.4 Å². The van der Waals surface area contributed by atoms with Crippen molar-refractivity contribution in [3.8, 4) is 6.07 Å². The highest BCUT2D eigenvalue weighted by molar-refractivity contribution is 7.16. The molecule has 8 nitrogen and oxygen atoms in total. The van der Waals surface area contributed by atoms with Crippen LogP contribution in [0.15, 0.2) is 30.6 Å². The topological polar surface area (TPSA) is 116 Å². The highest BCUT2D eigenvalue weighted by Gasteiger charge is 2.31. The molecule has 0 spiro atoms. The molecule has 0 aromatic carbocycles. The van der Waals surface area contributed by atoms with Crippen LogP contribution in [0.3, 0.4) is 0 Å². The summed E-state index contributed by atoms with van der Waals surface area (Å²) in [6.45, 7) is 0.801. The molecule has 2 aromatic rings. The molecule has 2 aromatic heterocycles. The summed E-state index contributed by atoms with van der Waals surface area (Å²) in [5.74, 6) is -0.325. The predicted octanol–water partition coefficient (Wildman–Crippen LogP) is 2.73. The van der Waals surface area contributed by atoms with Crippen molar-refractivity contribution >= 4 is 34.4 Å². The van der Waals surface area contributed by atoms with Gasteiger partial charge in [-0.15, -0.1) is 11.3 Å². The maximum absolute atomic E-state index is 12.3. The molecule has 2 atom stereocenters. The summed E-state index contributed by atoms with van der Waals surface area (Å²) < 4.78 is 5.63. The Bertz CT molecular complexity index is 1040. The first kappa shape index (κ1) is 21.0. The lowest BCUT2D eigenvalue weighted by Crippen LogP contribution is -2.35. The molecule has 2 aliphatic rings. The predicted molar refractivity (Wildman–Crippen MR) is 115 cm³/mol. The monoisotopic (exact) mass is 438 g/mol. The van der Waals surface area contributed by atoms with Gasteiger partial charge in [0.05, 0.1) is 11.7 Å². The summed E-state index contributed by atoms with van der Waals surface area (Å²) in [4.78, 5) is 31.1. The van der Waals surface area contributed by atoms with Gasteiger partial charge in [-0.1, -0.05) is 6.07 Å². The van der Waals surface area contributed by atoms with Gasteiger partial charge in [-0.2, -0.15) is 5.26 Å². The van der Waals surface area contributed by atoms with E-state index in [1.54, 1.807) is 24.5 Å². The summed E-state index contributed by atoms with van der Waals surface area (Å²) in [6, 6.07) is 5.83. The van der Waals surface area contributed by atoms with E-state index in [1.165, 1.54) is 22.3 Å². The molecule has 1 aliphatic heterocycles. The summed E-state index contributed by atoms with van der Waals surface area (Å²) in [7, 11) is 0. The Morgan fingerprint density at radius 1 is 1.42 bits per heavy atom. The molecule has 2 amide bonds. The van der Waals surface area contributed by atoms with Crippen molar-refractivity contribution in [2.24, 2.45) is 0 Å². The van der Waals surface area contributed by atoms with Gasteiger partial charge in [0.2, 0.25) is 5.91 Å². The van der Waals surface area contributed by atoms with Gasteiger partial charge in [-0.05, 0) is 42.5 Å². The number of amides is 2. The fourth-order valence-electron chi connectivity index (χ4n) is 3.79. The van der Waals surface area contributed by atoms with Crippen LogP contribution in [0, 0.1) is 11.3 Å². The number of hydrogen-bond donors (Lipinski definition) is 2. The minimum atomic E-state index is -0.487. The number of ether oxygens (including phenoxy) is 1. The Labute approximate surface area is 183 Å². The van der Waals surface area contributed by atoms with E-state index in [-0.39, 0.29) is 12.0 Å². The van der Waals surface area contributed by atoms with Gasteiger partial charge < -0.3 is 20.1 Å².